The highest BCUT2D eigenvalue weighted by Crippen LogP contribution is 2.35. The number of benzene rings is 1. The molecule has 2 atom stereocenters. The maximum atomic E-state index is 11.7. The van der Waals surface area contributed by atoms with Crippen molar-refractivity contribution in [2.75, 3.05) is 26.8 Å². The quantitative estimate of drug-likeness (QED) is 0.374. The van der Waals surface area contributed by atoms with E-state index < -0.39 is 17.9 Å². The molecule has 6 heteroatoms. The number of rotatable bonds is 10. The number of carbonyl (C=O) groups is 1. The van der Waals surface area contributed by atoms with Gasteiger partial charge in [0.25, 0.3) is 0 Å². The summed E-state index contributed by atoms with van der Waals surface area (Å²) in [5, 5.41) is 10.1. The molecule has 1 amide bonds. The van der Waals surface area contributed by atoms with Gasteiger partial charge in [0.1, 0.15) is 5.84 Å². The van der Waals surface area contributed by atoms with Gasteiger partial charge in [0.05, 0.1) is 24.3 Å². The number of ether oxygens (including phenoxy) is 1. The summed E-state index contributed by atoms with van der Waals surface area (Å²) in [6.07, 6.45) is 4.57. The van der Waals surface area contributed by atoms with Crippen LogP contribution < -0.4 is 5.73 Å². The number of hydrogen-bond acceptors (Lipinski definition) is 4. The lowest BCUT2D eigenvalue weighted by molar-refractivity contribution is -0.121. The molecule has 1 aliphatic carbocycles. The number of hydrogen-bond donors (Lipinski definition) is 2. The minimum Gasteiger partial charge on any atom is -0.392 e. The van der Waals surface area contributed by atoms with Crippen LogP contribution in [-0.4, -0.2) is 54.7 Å². The van der Waals surface area contributed by atoms with Gasteiger partial charge in [0, 0.05) is 20.2 Å². The van der Waals surface area contributed by atoms with Crippen molar-refractivity contribution in [2.45, 2.75) is 58.0 Å². The fourth-order valence-electron chi connectivity index (χ4n) is 3.39. The van der Waals surface area contributed by atoms with Crippen LogP contribution in [0.15, 0.2) is 23.2 Å². The minimum absolute atomic E-state index is 0.460. The highest BCUT2D eigenvalue weighted by atomic mass is 16.5. The van der Waals surface area contributed by atoms with E-state index in [1.807, 2.05) is 32.2 Å². The number of primary amides is 1. The lowest BCUT2D eigenvalue weighted by Crippen LogP contribution is -2.28. The Labute approximate surface area is 162 Å². The van der Waals surface area contributed by atoms with E-state index in [-0.39, 0.29) is 0 Å². The average Bonchev–Trinajstić information content (AvgIpc) is 2.95. The number of nitrogens with zero attached hydrogens (tertiary/aromatic N) is 2. The number of aliphatic hydroxyl groups excluding tert-OH is 1. The van der Waals surface area contributed by atoms with E-state index in [0.717, 1.165) is 42.2 Å². The van der Waals surface area contributed by atoms with Crippen LogP contribution in [0.3, 0.4) is 0 Å². The highest BCUT2D eigenvalue weighted by molar-refractivity contribution is 5.85. The van der Waals surface area contributed by atoms with Crippen molar-refractivity contribution in [3.8, 4) is 0 Å². The summed E-state index contributed by atoms with van der Waals surface area (Å²) < 4.78 is 5.69. The molecule has 0 heterocycles. The summed E-state index contributed by atoms with van der Waals surface area (Å²) in [5.41, 5.74) is 7.97. The standard InChI is InChI=1S/C21H33N3O3/c1-4-5-6-7-11-27-12-10-24(3)15(2)23-17-9-8-16-13-19(25)20(21(22)26)18(16)14-17/h8-9,14,19-20,25H,4-7,10-13H2,1-3H3,(H2,22,26)/t19-,20-/m1/s1. The van der Waals surface area contributed by atoms with Gasteiger partial charge >= 0.3 is 0 Å². The topological polar surface area (TPSA) is 88.1 Å². The zero-order valence-corrected chi connectivity index (χ0v) is 16.8. The van der Waals surface area contributed by atoms with Crippen molar-refractivity contribution in [1.29, 1.82) is 0 Å². The Morgan fingerprint density at radius 2 is 2.11 bits per heavy atom. The predicted molar refractivity (Wildman–Crippen MR) is 108 cm³/mol. The van der Waals surface area contributed by atoms with Gasteiger partial charge in [0.15, 0.2) is 0 Å². The highest BCUT2D eigenvalue weighted by Gasteiger charge is 2.35. The number of fused-ring (bicyclic) bond motifs is 1. The lowest BCUT2D eigenvalue weighted by atomic mass is 9.99. The number of carbonyl (C=O) groups excluding carboxylic acids is 1. The van der Waals surface area contributed by atoms with Gasteiger partial charge in [-0.05, 0) is 43.0 Å². The second-order valence-corrected chi connectivity index (χ2v) is 7.29. The molecule has 0 aliphatic heterocycles. The second-order valence-electron chi connectivity index (χ2n) is 7.29. The second kappa shape index (κ2) is 10.4. The number of aliphatic imine (C=N–C) groups is 1. The molecule has 0 saturated heterocycles. The first-order chi connectivity index (χ1) is 12.9. The molecular formula is C21H33N3O3. The number of amidine groups is 1. The Kier molecular flexibility index (Phi) is 8.25. The molecule has 0 spiro atoms. The number of amides is 1. The van der Waals surface area contributed by atoms with Crippen molar-refractivity contribution >= 4 is 17.4 Å². The van der Waals surface area contributed by atoms with Crippen LogP contribution >= 0.6 is 0 Å². The monoisotopic (exact) mass is 375 g/mol. The zero-order valence-electron chi connectivity index (χ0n) is 16.8. The van der Waals surface area contributed by atoms with Crippen molar-refractivity contribution in [3.05, 3.63) is 29.3 Å². The van der Waals surface area contributed by atoms with Gasteiger partial charge in [-0.25, -0.2) is 4.99 Å². The lowest BCUT2D eigenvalue weighted by Gasteiger charge is -2.19. The van der Waals surface area contributed by atoms with Crippen LogP contribution in [0, 0.1) is 0 Å². The predicted octanol–water partition coefficient (Wildman–Crippen LogP) is 2.75. The first-order valence-electron chi connectivity index (χ1n) is 9.88. The van der Waals surface area contributed by atoms with E-state index in [9.17, 15) is 9.90 Å². The largest absolute Gasteiger partial charge is 0.392 e. The Balaban J connectivity index is 1.89. The fourth-order valence-corrected chi connectivity index (χ4v) is 3.39. The number of likely N-dealkylation sites (N-methyl/N-ethyl adjacent to an activating group) is 1. The summed E-state index contributed by atoms with van der Waals surface area (Å²) in [4.78, 5) is 18.4. The number of nitrogens with two attached hydrogens (primary N) is 1. The van der Waals surface area contributed by atoms with Gasteiger partial charge in [0.2, 0.25) is 5.91 Å². The summed E-state index contributed by atoms with van der Waals surface area (Å²) >= 11 is 0. The maximum absolute atomic E-state index is 11.7. The van der Waals surface area contributed by atoms with E-state index in [4.69, 9.17) is 10.5 Å². The summed E-state index contributed by atoms with van der Waals surface area (Å²) in [6.45, 7) is 6.42. The Hall–Kier alpha value is -1.92. The van der Waals surface area contributed by atoms with E-state index in [1.165, 1.54) is 19.3 Å². The van der Waals surface area contributed by atoms with Crippen LogP contribution in [0.2, 0.25) is 0 Å². The van der Waals surface area contributed by atoms with Crippen LogP contribution in [0.25, 0.3) is 0 Å². The first-order valence-corrected chi connectivity index (χ1v) is 9.88. The summed E-state index contributed by atoms with van der Waals surface area (Å²) in [5.74, 6) is -0.264. The molecule has 0 fully saturated rings. The average molecular weight is 376 g/mol. The molecule has 3 N–H and O–H groups in total. The molecule has 0 aromatic heterocycles. The zero-order chi connectivity index (χ0) is 19.8. The Morgan fingerprint density at radius 1 is 1.33 bits per heavy atom. The van der Waals surface area contributed by atoms with E-state index in [2.05, 4.69) is 16.8 Å². The molecule has 2 rings (SSSR count). The van der Waals surface area contributed by atoms with Gasteiger partial charge in [-0.3, -0.25) is 4.79 Å². The van der Waals surface area contributed by atoms with Crippen LogP contribution in [0.1, 0.15) is 56.6 Å². The molecule has 1 aliphatic rings. The molecule has 1 aromatic carbocycles. The molecule has 0 saturated carbocycles. The normalized spacial score (nSPS) is 19.2. The van der Waals surface area contributed by atoms with Crippen molar-refractivity contribution < 1.29 is 14.6 Å². The number of aliphatic hydroxyl groups is 1. The molecule has 1 aromatic rings. The minimum atomic E-state index is -0.741. The van der Waals surface area contributed by atoms with Crippen LogP contribution in [0.4, 0.5) is 5.69 Å². The van der Waals surface area contributed by atoms with Crippen molar-refractivity contribution in [2.24, 2.45) is 10.7 Å². The van der Waals surface area contributed by atoms with Crippen molar-refractivity contribution in [1.82, 2.24) is 4.90 Å². The first kappa shape index (κ1) is 21.4. The molecule has 27 heavy (non-hydrogen) atoms. The Bertz CT molecular complexity index is 660. The fraction of sp³-hybridized carbons (Fsp3) is 0.619. The van der Waals surface area contributed by atoms with Gasteiger partial charge in [-0.15, -0.1) is 0 Å². The molecular weight excluding hydrogens is 342 g/mol. The SMILES string of the molecule is CCCCCCOCCN(C)C(C)=Nc1ccc2c(c1)[C@@H](C(N)=O)[C@H](O)C2. The summed E-state index contributed by atoms with van der Waals surface area (Å²) in [7, 11) is 1.99. The maximum Gasteiger partial charge on any atom is 0.227 e. The van der Waals surface area contributed by atoms with Crippen LogP contribution in [-0.2, 0) is 16.0 Å². The smallest absolute Gasteiger partial charge is 0.227 e. The van der Waals surface area contributed by atoms with Gasteiger partial charge in [-0.2, -0.15) is 0 Å². The Morgan fingerprint density at radius 3 is 2.81 bits per heavy atom. The molecule has 0 radical (unpaired) electrons. The van der Waals surface area contributed by atoms with E-state index in [0.29, 0.717) is 13.0 Å². The van der Waals surface area contributed by atoms with Gasteiger partial charge in [-0.1, -0.05) is 32.3 Å². The van der Waals surface area contributed by atoms with Gasteiger partial charge < -0.3 is 20.5 Å². The molecule has 6 nitrogen and oxygen atoms in total. The molecule has 0 unspecified atom stereocenters. The van der Waals surface area contributed by atoms with E-state index >= 15 is 0 Å². The third-order valence-corrected chi connectivity index (χ3v) is 5.14. The number of unbranched alkanes of at least 4 members (excludes halogenated alkanes) is 3. The van der Waals surface area contributed by atoms with Crippen molar-refractivity contribution in [3.63, 3.8) is 0 Å². The third kappa shape index (κ3) is 6.04. The molecule has 150 valence electrons. The molecule has 0 bridgehead atoms. The van der Waals surface area contributed by atoms with Crippen LogP contribution in [0.5, 0.6) is 0 Å². The van der Waals surface area contributed by atoms with E-state index in [1.54, 1.807) is 0 Å². The summed E-state index contributed by atoms with van der Waals surface area (Å²) in [6, 6.07) is 5.70. The third-order valence-electron chi connectivity index (χ3n) is 5.14.